The third kappa shape index (κ3) is 4.18. The number of aromatic amines is 1. The molecule has 0 aliphatic heterocycles. The van der Waals surface area contributed by atoms with Crippen LogP contribution in [0.4, 0.5) is 16.2 Å². The van der Waals surface area contributed by atoms with E-state index in [1.165, 1.54) is 12.3 Å². The number of fused-ring (bicyclic) bond motifs is 1. The number of amides is 3. The Morgan fingerprint density at radius 1 is 1.08 bits per heavy atom. The number of H-pyrrole nitrogens is 1. The molecule has 0 radical (unpaired) electrons. The Hall–Kier alpha value is -3.35. The van der Waals surface area contributed by atoms with Gasteiger partial charge in [-0.1, -0.05) is 18.2 Å². The topological polar surface area (TPSA) is 98.9 Å². The number of aromatic nitrogens is 2. The second kappa shape index (κ2) is 6.87. The van der Waals surface area contributed by atoms with Crippen molar-refractivity contribution in [2.75, 3.05) is 10.6 Å². The van der Waals surface area contributed by atoms with E-state index in [2.05, 4.69) is 25.9 Å². The summed E-state index contributed by atoms with van der Waals surface area (Å²) in [6.07, 6.45) is 3.22. The highest BCUT2D eigenvalue weighted by Crippen LogP contribution is 2.22. The van der Waals surface area contributed by atoms with E-state index in [1.54, 1.807) is 12.3 Å². The molecule has 0 aliphatic rings. The second-order valence-electron chi connectivity index (χ2n) is 6.96. The third-order valence-corrected chi connectivity index (χ3v) is 3.58. The van der Waals surface area contributed by atoms with Crippen molar-refractivity contribution in [2.45, 2.75) is 26.3 Å². The number of para-hydroxylation sites is 1. The fourth-order valence-electron chi connectivity index (χ4n) is 2.50. The van der Waals surface area contributed by atoms with Crippen molar-refractivity contribution in [1.29, 1.82) is 0 Å². The number of hydrogen-bond acceptors (Lipinski definition) is 3. The maximum Gasteiger partial charge on any atom is 0.323 e. The molecule has 1 aromatic carbocycles. The molecule has 4 N–H and O–H groups in total. The van der Waals surface area contributed by atoms with Gasteiger partial charge in [0.2, 0.25) is 0 Å². The molecule has 26 heavy (non-hydrogen) atoms. The highest BCUT2D eigenvalue weighted by atomic mass is 16.2. The molecule has 2 heterocycles. The molecule has 3 rings (SSSR count). The molecule has 0 unspecified atom stereocenters. The Balaban J connectivity index is 1.70. The molecule has 3 aromatic rings. The van der Waals surface area contributed by atoms with Crippen LogP contribution in [-0.4, -0.2) is 27.4 Å². The predicted octanol–water partition coefficient (Wildman–Crippen LogP) is 3.74. The Kier molecular flexibility index (Phi) is 4.62. The first-order valence-corrected chi connectivity index (χ1v) is 8.24. The first-order chi connectivity index (χ1) is 12.3. The summed E-state index contributed by atoms with van der Waals surface area (Å²) in [5.41, 5.74) is 1.97. The number of carbonyl (C=O) groups is 2. The van der Waals surface area contributed by atoms with Gasteiger partial charge < -0.3 is 20.9 Å². The summed E-state index contributed by atoms with van der Waals surface area (Å²) in [5.74, 6) is -0.293. The molecule has 7 nitrogen and oxygen atoms in total. The maximum atomic E-state index is 12.3. The lowest BCUT2D eigenvalue weighted by Gasteiger charge is -2.20. The summed E-state index contributed by atoms with van der Waals surface area (Å²) in [5, 5.41) is 9.27. The maximum absolute atomic E-state index is 12.3. The lowest BCUT2D eigenvalue weighted by Crippen LogP contribution is -2.40. The zero-order chi connectivity index (χ0) is 18.7. The van der Waals surface area contributed by atoms with Crippen molar-refractivity contribution in [1.82, 2.24) is 15.3 Å². The Labute approximate surface area is 151 Å². The number of nitrogens with zero attached hydrogens (tertiary/aromatic N) is 1. The summed E-state index contributed by atoms with van der Waals surface area (Å²) in [6, 6.07) is 10.4. The second-order valence-corrected chi connectivity index (χ2v) is 6.96. The van der Waals surface area contributed by atoms with Crippen molar-refractivity contribution in [2.24, 2.45) is 0 Å². The van der Waals surface area contributed by atoms with E-state index in [0.717, 1.165) is 10.9 Å². The first kappa shape index (κ1) is 17.5. The minimum Gasteiger partial charge on any atom is -0.359 e. The fraction of sp³-hybridized carbons (Fsp3) is 0.211. The van der Waals surface area contributed by atoms with Crippen LogP contribution in [0.2, 0.25) is 0 Å². The zero-order valence-electron chi connectivity index (χ0n) is 14.9. The zero-order valence-corrected chi connectivity index (χ0v) is 14.9. The molecular formula is C19H21N5O2. The molecule has 134 valence electrons. The molecular weight excluding hydrogens is 330 g/mol. The molecule has 0 bridgehead atoms. The number of benzene rings is 1. The normalized spacial score (nSPS) is 11.2. The molecule has 3 amide bonds. The molecule has 0 fully saturated rings. The molecule has 2 aromatic heterocycles. The van der Waals surface area contributed by atoms with Crippen LogP contribution in [0.3, 0.4) is 0 Å². The Bertz CT molecular complexity index is 956. The van der Waals surface area contributed by atoms with Crippen LogP contribution >= 0.6 is 0 Å². The molecule has 0 saturated heterocycles. The van der Waals surface area contributed by atoms with E-state index in [9.17, 15) is 9.59 Å². The van der Waals surface area contributed by atoms with Gasteiger partial charge in [-0.15, -0.1) is 0 Å². The van der Waals surface area contributed by atoms with E-state index in [0.29, 0.717) is 11.4 Å². The van der Waals surface area contributed by atoms with Gasteiger partial charge in [-0.2, -0.15) is 0 Å². The first-order valence-electron chi connectivity index (χ1n) is 8.24. The van der Waals surface area contributed by atoms with Crippen LogP contribution < -0.4 is 16.0 Å². The van der Waals surface area contributed by atoms with Crippen molar-refractivity contribution >= 4 is 34.2 Å². The van der Waals surface area contributed by atoms with E-state index >= 15 is 0 Å². The lowest BCUT2D eigenvalue weighted by atomic mass is 10.1. The Morgan fingerprint density at radius 3 is 2.62 bits per heavy atom. The standard InChI is InChI=1S/C19H21N5O2/c1-19(2,3)24-17(25)15-10-12(8-9-20-15)22-18(26)23-16-11-21-14-7-5-4-6-13(14)16/h4-11,21H,1-3H3,(H,24,25)(H2,20,22,23,26). The summed E-state index contributed by atoms with van der Waals surface area (Å²) < 4.78 is 0. The SMILES string of the molecule is CC(C)(C)NC(=O)c1cc(NC(=O)Nc2c[nH]c3ccccc23)ccn1. The summed E-state index contributed by atoms with van der Waals surface area (Å²) in [7, 11) is 0. The van der Waals surface area contributed by atoms with Crippen LogP contribution in [0, 0.1) is 0 Å². The number of pyridine rings is 1. The summed E-state index contributed by atoms with van der Waals surface area (Å²) in [6.45, 7) is 5.67. The fourth-order valence-corrected chi connectivity index (χ4v) is 2.50. The quantitative estimate of drug-likeness (QED) is 0.578. The smallest absolute Gasteiger partial charge is 0.323 e. The van der Waals surface area contributed by atoms with E-state index in [4.69, 9.17) is 0 Å². The van der Waals surface area contributed by atoms with Crippen molar-refractivity contribution in [3.05, 3.63) is 54.5 Å². The monoisotopic (exact) mass is 351 g/mol. The molecule has 0 spiro atoms. The number of rotatable bonds is 3. The summed E-state index contributed by atoms with van der Waals surface area (Å²) >= 11 is 0. The number of anilines is 2. The van der Waals surface area contributed by atoms with Gasteiger partial charge in [-0.05, 0) is 39.0 Å². The van der Waals surface area contributed by atoms with E-state index in [-0.39, 0.29) is 17.1 Å². The molecule has 7 heteroatoms. The van der Waals surface area contributed by atoms with Crippen molar-refractivity contribution in [3.63, 3.8) is 0 Å². The predicted molar refractivity (Wildman–Crippen MR) is 102 cm³/mol. The average molecular weight is 351 g/mol. The molecule has 0 aliphatic carbocycles. The molecule has 0 atom stereocenters. The molecule has 0 saturated carbocycles. The van der Waals surface area contributed by atoms with Gasteiger partial charge in [0.1, 0.15) is 5.69 Å². The highest BCUT2D eigenvalue weighted by Gasteiger charge is 2.17. The van der Waals surface area contributed by atoms with Crippen molar-refractivity contribution < 1.29 is 9.59 Å². The summed E-state index contributed by atoms with van der Waals surface area (Å²) in [4.78, 5) is 31.6. The largest absolute Gasteiger partial charge is 0.359 e. The minimum atomic E-state index is -0.400. The lowest BCUT2D eigenvalue weighted by molar-refractivity contribution is 0.0914. The van der Waals surface area contributed by atoms with Crippen LogP contribution in [0.25, 0.3) is 10.9 Å². The van der Waals surface area contributed by atoms with Crippen LogP contribution in [-0.2, 0) is 0 Å². The van der Waals surface area contributed by atoms with Gasteiger partial charge in [-0.3, -0.25) is 9.78 Å². The van der Waals surface area contributed by atoms with Crippen LogP contribution in [0.5, 0.6) is 0 Å². The minimum absolute atomic E-state index is 0.241. The van der Waals surface area contributed by atoms with Crippen LogP contribution in [0.15, 0.2) is 48.8 Å². The number of urea groups is 1. The van der Waals surface area contributed by atoms with E-state index in [1.807, 2.05) is 45.0 Å². The number of nitrogens with one attached hydrogen (secondary N) is 4. The van der Waals surface area contributed by atoms with Crippen LogP contribution in [0.1, 0.15) is 31.3 Å². The average Bonchev–Trinajstić information content (AvgIpc) is 2.96. The van der Waals surface area contributed by atoms with Gasteiger partial charge in [0.15, 0.2) is 0 Å². The highest BCUT2D eigenvalue weighted by molar-refractivity contribution is 6.06. The third-order valence-electron chi connectivity index (χ3n) is 3.58. The van der Waals surface area contributed by atoms with Gasteiger partial charge in [-0.25, -0.2) is 4.79 Å². The number of hydrogen-bond donors (Lipinski definition) is 4. The van der Waals surface area contributed by atoms with Gasteiger partial charge in [0, 0.05) is 34.5 Å². The van der Waals surface area contributed by atoms with E-state index < -0.39 is 6.03 Å². The Morgan fingerprint density at radius 2 is 1.85 bits per heavy atom. The number of carbonyl (C=O) groups excluding carboxylic acids is 2. The van der Waals surface area contributed by atoms with Crippen molar-refractivity contribution in [3.8, 4) is 0 Å². The van der Waals surface area contributed by atoms with Gasteiger partial charge in [0.05, 0.1) is 5.69 Å². The van der Waals surface area contributed by atoms with Gasteiger partial charge in [0.25, 0.3) is 5.91 Å². The van der Waals surface area contributed by atoms with Gasteiger partial charge >= 0.3 is 6.03 Å².